The molecule has 6 heteroatoms. The van der Waals surface area contributed by atoms with E-state index in [1.165, 1.54) is 12.1 Å². The molecular weight excluding hydrogens is 309 g/mol. The summed E-state index contributed by atoms with van der Waals surface area (Å²) in [6, 6.07) is 6.41. The molecule has 0 aliphatic heterocycles. The number of nitriles is 1. The highest BCUT2D eigenvalue weighted by atomic mass is 19.1. The zero-order chi connectivity index (χ0) is 17.2. The fraction of sp³-hybridized carbons (Fsp3) is 0.556. The lowest BCUT2D eigenvalue weighted by Crippen LogP contribution is -2.48. The van der Waals surface area contributed by atoms with Gasteiger partial charge in [-0.2, -0.15) is 5.26 Å². The van der Waals surface area contributed by atoms with Crippen molar-refractivity contribution in [3.05, 3.63) is 24.0 Å². The van der Waals surface area contributed by atoms with E-state index < -0.39 is 5.54 Å². The van der Waals surface area contributed by atoms with Crippen molar-refractivity contribution in [1.29, 1.82) is 5.26 Å². The van der Waals surface area contributed by atoms with Crippen molar-refractivity contribution in [3.8, 4) is 11.8 Å². The van der Waals surface area contributed by atoms with Crippen molar-refractivity contribution in [1.82, 2.24) is 5.32 Å². The van der Waals surface area contributed by atoms with Crippen LogP contribution in [-0.4, -0.2) is 24.6 Å². The number of halogens is 1. The minimum atomic E-state index is -0.813. The number of rotatable bonds is 8. The van der Waals surface area contributed by atoms with E-state index >= 15 is 0 Å². The molecular formula is C18H22FN3O2. The van der Waals surface area contributed by atoms with Gasteiger partial charge < -0.3 is 15.4 Å². The molecule has 0 radical (unpaired) electrons. The van der Waals surface area contributed by atoms with Crippen LogP contribution in [0.25, 0.3) is 0 Å². The van der Waals surface area contributed by atoms with Crippen molar-refractivity contribution in [2.75, 3.05) is 18.5 Å². The van der Waals surface area contributed by atoms with Gasteiger partial charge in [-0.1, -0.05) is 0 Å². The minimum absolute atomic E-state index is 0.00934. The molecule has 0 aromatic heterocycles. The van der Waals surface area contributed by atoms with Crippen LogP contribution in [0.5, 0.6) is 5.75 Å². The van der Waals surface area contributed by atoms with Gasteiger partial charge in [0, 0.05) is 6.07 Å². The van der Waals surface area contributed by atoms with Crippen molar-refractivity contribution in [2.45, 2.75) is 38.1 Å². The van der Waals surface area contributed by atoms with Crippen LogP contribution in [0.4, 0.5) is 10.1 Å². The normalized spacial score (nSPS) is 19.0. The first-order valence-corrected chi connectivity index (χ1v) is 8.38. The summed E-state index contributed by atoms with van der Waals surface area (Å²) in [5, 5.41) is 15.1. The molecule has 24 heavy (non-hydrogen) atoms. The maximum absolute atomic E-state index is 13.4. The summed E-state index contributed by atoms with van der Waals surface area (Å²) in [6.07, 6.45) is 4.23. The average Bonchev–Trinajstić information content (AvgIpc) is 3.44. The van der Waals surface area contributed by atoms with Gasteiger partial charge in [0.2, 0.25) is 5.91 Å². The van der Waals surface area contributed by atoms with E-state index in [1.807, 2.05) is 0 Å². The molecule has 0 unspecified atom stereocenters. The molecule has 5 nitrogen and oxygen atoms in total. The van der Waals surface area contributed by atoms with Crippen molar-refractivity contribution in [2.24, 2.45) is 11.8 Å². The van der Waals surface area contributed by atoms with Crippen LogP contribution < -0.4 is 15.4 Å². The summed E-state index contributed by atoms with van der Waals surface area (Å²) < 4.78 is 19.1. The van der Waals surface area contributed by atoms with Gasteiger partial charge in [-0.05, 0) is 56.6 Å². The van der Waals surface area contributed by atoms with Crippen LogP contribution in [0.2, 0.25) is 0 Å². The molecule has 0 saturated heterocycles. The molecule has 0 spiro atoms. The van der Waals surface area contributed by atoms with Crippen LogP contribution in [-0.2, 0) is 4.79 Å². The van der Waals surface area contributed by atoms with E-state index in [4.69, 9.17) is 4.74 Å². The summed E-state index contributed by atoms with van der Waals surface area (Å²) in [5.74, 6) is 0.568. The van der Waals surface area contributed by atoms with E-state index in [2.05, 4.69) is 16.7 Å². The summed E-state index contributed by atoms with van der Waals surface area (Å²) in [4.78, 5) is 12.1. The summed E-state index contributed by atoms with van der Waals surface area (Å²) in [7, 11) is 0. The molecule has 128 valence electrons. The van der Waals surface area contributed by atoms with Crippen LogP contribution >= 0.6 is 0 Å². The third-order valence-electron chi connectivity index (χ3n) is 4.58. The van der Waals surface area contributed by atoms with Crippen molar-refractivity contribution >= 4 is 11.6 Å². The van der Waals surface area contributed by atoms with Gasteiger partial charge in [-0.25, -0.2) is 4.39 Å². The molecule has 2 saturated carbocycles. The van der Waals surface area contributed by atoms with Gasteiger partial charge >= 0.3 is 0 Å². The molecule has 2 fully saturated rings. The van der Waals surface area contributed by atoms with Gasteiger partial charge in [0.05, 0.1) is 24.9 Å². The Kier molecular flexibility index (Phi) is 4.61. The Morgan fingerprint density at radius 3 is 2.79 bits per heavy atom. The maximum Gasteiger partial charge on any atom is 0.240 e. The predicted octanol–water partition coefficient (Wildman–Crippen LogP) is 2.83. The lowest BCUT2D eigenvalue weighted by atomic mass is 9.98. The van der Waals surface area contributed by atoms with Gasteiger partial charge in [0.15, 0.2) is 0 Å². The Hall–Kier alpha value is -2.29. The number of nitrogens with one attached hydrogen (secondary N) is 2. The van der Waals surface area contributed by atoms with E-state index in [0.29, 0.717) is 24.0 Å². The second-order valence-corrected chi connectivity index (χ2v) is 6.89. The topological polar surface area (TPSA) is 74.2 Å². The highest BCUT2D eigenvalue weighted by molar-refractivity contribution is 5.82. The number of hydrogen-bond acceptors (Lipinski definition) is 4. The molecule has 1 atom stereocenters. The highest BCUT2D eigenvalue weighted by Gasteiger charge is 2.42. The summed E-state index contributed by atoms with van der Waals surface area (Å²) >= 11 is 0. The van der Waals surface area contributed by atoms with E-state index in [-0.39, 0.29) is 24.2 Å². The molecule has 3 rings (SSSR count). The number of amides is 1. The molecule has 1 amide bonds. The number of carbonyl (C=O) groups excluding carboxylic acids is 1. The fourth-order valence-corrected chi connectivity index (χ4v) is 2.65. The number of nitrogens with zero attached hydrogens (tertiary/aromatic N) is 1. The third-order valence-corrected chi connectivity index (χ3v) is 4.58. The third kappa shape index (κ3) is 4.16. The predicted molar refractivity (Wildman–Crippen MR) is 88.0 cm³/mol. The lowest BCUT2D eigenvalue weighted by molar-refractivity contribution is -0.120. The van der Waals surface area contributed by atoms with E-state index in [9.17, 15) is 14.4 Å². The number of carbonyl (C=O) groups is 1. The van der Waals surface area contributed by atoms with Gasteiger partial charge in [-0.3, -0.25) is 4.79 Å². The maximum atomic E-state index is 13.4. The number of ether oxygens (including phenoxy) is 1. The molecule has 0 heterocycles. The Labute approximate surface area is 141 Å². The number of anilines is 1. The fourth-order valence-electron chi connectivity index (χ4n) is 2.65. The van der Waals surface area contributed by atoms with Gasteiger partial charge in [0.25, 0.3) is 0 Å². The van der Waals surface area contributed by atoms with Crippen molar-refractivity contribution < 1.29 is 13.9 Å². The summed E-state index contributed by atoms with van der Waals surface area (Å²) in [6.45, 7) is 2.33. The first-order chi connectivity index (χ1) is 11.5. The van der Waals surface area contributed by atoms with Gasteiger partial charge in [-0.15, -0.1) is 0 Å². The SMILES string of the molecule is C[C@](C#N)(NC(=O)CNc1ccc(F)cc1OCC1CC1)C1CC1. The van der Waals surface area contributed by atoms with Crippen LogP contribution in [0.3, 0.4) is 0 Å². The largest absolute Gasteiger partial charge is 0.491 e. The average molecular weight is 331 g/mol. The van der Waals surface area contributed by atoms with Gasteiger partial charge in [0.1, 0.15) is 17.1 Å². The quantitative estimate of drug-likeness (QED) is 0.768. The highest BCUT2D eigenvalue weighted by Crippen LogP contribution is 2.39. The summed E-state index contributed by atoms with van der Waals surface area (Å²) in [5.41, 5.74) is -0.232. The number of hydrogen-bond donors (Lipinski definition) is 2. The second kappa shape index (κ2) is 6.68. The molecule has 2 aliphatic rings. The van der Waals surface area contributed by atoms with E-state index in [0.717, 1.165) is 25.7 Å². The first-order valence-electron chi connectivity index (χ1n) is 8.38. The zero-order valence-electron chi connectivity index (χ0n) is 13.8. The first kappa shape index (κ1) is 16.6. The lowest BCUT2D eigenvalue weighted by Gasteiger charge is -2.23. The van der Waals surface area contributed by atoms with Crippen LogP contribution in [0.15, 0.2) is 18.2 Å². The van der Waals surface area contributed by atoms with E-state index in [1.54, 1.807) is 13.0 Å². The van der Waals surface area contributed by atoms with Crippen LogP contribution in [0.1, 0.15) is 32.6 Å². The molecule has 1 aromatic carbocycles. The van der Waals surface area contributed by atoms with Crippen molar-refractivity contribution in [3.63, 3.8) is 0 Å². The number of benzene rings is 1. The molecule has 2 aliphatic carbocycles. The smallest absolute Gasteiger partial charge is 0.240 e. The zero-order valence-corrected chi connectivity index (χ0v) is 13.8. The molecule has 2 N–H and O–H groups in total. The molecule has 1 aromatic rings. The minimum Gasteiger partial charge on any atom is -0.491 e. The Morgan fingerprint density at radius 1 is 1.42 bits per heavy atom. The Bertz CT molecular complexity index is 665. The van der Waals surface area contributed by atoms with Crippen LogP contribution in [0, 0.1) is 29.0 Å². The second-order valence-electron chi connectivity index (χ2n) is 6.89. The monoisotopic (exact) mass is 331 g/mol. The standard InChI is InChI=1S/C18H22FN3O2/c1-18(11-20,13-4-5-13)22-17(23)9-21-15-7-6-14(19)8-16(15)24-10-12-2-3-12/h6-8,12-13,21H,2-5,9-10H2,1H3,(H,22,23)/t18-/m1/s1. The Morgan fingerprint density at radius 2 is 2.17 bits per heavy atom. The Balaban J connectivity index is 1.57. The molecule has 0 bridgehead atoms.